The topological polar surface area (TPSA) is 28.4 Å². The number of aliphatic hydroxyl groups is 1. The molecule has 1 aliphatic rings. The molecule has 1 fully saturated rings. The summed E-state index contributed by atoms with van der Waals surface area (Å²) in [7, 11) is 0. The van der Waals surface area contributed by atoms with E-state index in [2.05, 4.69) is 57.4 Å². The van der Waals surface area contributed by atoms with Crippen LogP contribution in [0.15, 0.2) is 48.5 Å². The quantitative estimate of drug-likeness (QED) is 0.747. The lowest BCUT2D eigenvalue weighted by Crippen LogP contribution is -2.29. The van der Waals surface area contributed by atoms with Crippen molar-refractivity contribution < 1.29 is 5.11 Å². The smallest absolute Gasteiger partial charge is 0.0855 e. The number of aromatic nitrogens is 1. The number of rotatable bonds is 4. The predicted octanol–water partition coefficient (Wildman–Crippen LogP) is 3.51. The molecule has 0 spiro atoms. The molecular formula is C18H20N2OS. The fourth-order valence-electron chi connectivity index (χ4n) is 3.35. The highest BCUT2D eigenvalue weighted by molar-refractivity contribution is 7.97. The normalized spacial score (nSPS) is 17.5. The Morgan fingerprint density at radius 2 is 1.59 bits per heavy atom. The molecule has 1 aliphatic heterocycles. The summed E-state index contributed by atoms with van der Waals surface area (Å²) in [5.41, 5.74) is 2.41. The van der Waals surface area contributed by atoms with Gasteiger partial charge in [-0.15, -0.1) is 0 Å². The van der Waals surface area contributed by atoms with Crippen LogP contribution in [-0.4, -0.2) is 38.9 Å². The Kier molecular flexibility index (Phi) is 3.82. The molecule has 3 aromatic rings. The number of benzene rings is 2. The lowest BCUT2D eigenvalue weighted by molar-refractivity contribution is 0.135. The minimum Gasteiger partial charge on any atom is -0.390 e. The monoisotopic (exact) mass is 312 g/mol. The zero-order chi connectivity index (χ0) is 14.9. The van der Waals surface area contributed by atoms with Crippen LogP contribution in [0.5, 0.6) is 0 Å². The van der Waals surface area contributed by atoms with Gasteiger partial charge in [0, 0.05) is 40.6 Å². The minimum atomic E-state index is -0.343. The fraction of sp³-hybridized carbons (Fsp3) is 0.333. The molecule has 4 heteroatoms. The van der Waals surface area contributed by atoms with E-state index < -0.39 is 0 Å². The van der Waals surface area contributed by atoms with Crippen molar-refractivity contribution in [1.29, 1.82) is 0 Å². The van der Waals surface area contributed by atoms with E-state index in [9.17, 15) is 5.11 Å². The molecule has 0 aliphatic carbocycles. The zero-order valence-electron chi connectivity index (χ0n) is 12.5. The van der Waals surface area contributed by atoms with Crippen molar-refractivity contribution in [2.75, 3.05) is 18.8 Å². The number of para-hydroxylation sites is 2. The standard InChI is InChI=1S/C18H20N2OS/c21-14(12-19-10-5-11-22-19)13-20-17-8-3-1-6-15(17)16-7-2-4-9-18(16)20/h1-4,6-9,14,21H,5,10-13H2/t14-/m1/s1. The average Bonchev–Trinajstić information content (AvgIpc) is 3.15. The number of hydrogen-bond donors (Lipinski definition) is 1. The van der Waals surface area contributed by atoms with Crippen LogP contribution in [0.3, 0.4) is 0 Å². The van der Waals surface area contributed by atoms with E-state index in [4.69, 9.17) is 0 Å². The van der Waals surface area contributed by atoms with Crippen molar-refractivity contribution in [2.24, 2.45) is 0 Å². The summed E-state index contributed by atoms with van der Waals surface area (Å²) in [4.78, 5) is 0. The van der Waals surface area contributed by atoms with Crippen LogP contribution in [0, 0.1) is 0 Å². The highest BCUT2D eigenvalue weighted by atomic mass is 32.2. The summed E-state index contributed by atoms with van der Waals surface area (Å²) < 4.78 is 4.55. The van der Waals surface area contributed by atoms with Crippen molar-refractivity contribution in [1.82, 2.24) is 8.87 Å². The van der Waals surface area contributed by atoms with Gasteiger partial charge in [0.25, 0.3) is 0 Å². The predicted molar refractivity (Wildman–Crippen MR) is 94.1 cm³/mol. The second-order valence-electron chi connectivity index (χ2n) is 5.87. The Balaban J connectivity index is 1.69. The van der Waals surface area contributed by atoms with E-state index in [0.717, 1.165) is 13.1 Å². The number of fused-ring (bicyclic) bond motifs is 3. The number of nitrogens with zero attached hydrogens (tertiary/aromatic N) is 2. The average molecular weight is 312 g/mol. The molecule has 2 heterocycles. The van der Waals surface area contributed by atoms with Crippen molar-refractivity contribution in [3.63, 3.8) is 0 Å². The molecule has 0 radical (unpaired) electrons. The molecule has 1 aromatic heterocycles. The molecule has 0 unspecified atom stereocenters. The Bertz CT molecular complexity index is 739. The van der Waals surface area contributed by atoms with E-state index in [-0.39, 0.29) is 6.10 Å². The van der Waals surface area contributed by atoms with E-state index in [1.54, 1.807) is 0 Å². The van der Waals surface area contributed by atoms with Gasteiger partial charge in [-0.1, -0.05) is 48.3 Å². The van der Waals surface area contributed by atoms with Gasteiger partial charge in [-0.3, -0.25) is 0 Å². The first-order valence-corrected chi connectivity index (χ1v) is 8.79. The third-order valence-electron chi connectivity index (χ3n) is 4.31. The van der Waals surface area contributed by atoms with Gasteiger partial charge in [-0.25, -0.2) is 4.31 Å². The highest BCUT2D eigenvalue weighted by Crippen LogP contribution is 2.29. The van der Waals surface area contributed by atoms with Crippen LogP contribution < -0.4 is 0 Å². The van der Waals surface area contributed by atoms with Gasteiger partial charge < -0.3 is 9.67 Å². The molecule has 0 amide bonds. The van der Waals surface area contributed by atoms with Gasteiger partial charge >= 0.3 is 0 Å². The Morgan fingerprint density at radius 1 is 0.955 bits per heavy atom. The third kappa shape index (κ3) is 2.51. The maximum Gasteiger partial charge on any atom is 0.0855 e. The molecule has 0 bridgehead atoms. The molecule has 1 atom stereocenters. The molecule has 0 saturated carbocycles. The second kappa shape index (κ2) is 5.95. The molecule has 4 rings (SSSR count). The van der Waals surface area contributed by atoms with Gasteiger partial charge in [0.05, 0.1) is 12.6 Å². The van der Waals surface area contributed by atoms with Crippen LogP contribution >= 0.6 is 11.9 Å². The van der Waals surface area contributed by atoms with Crippen molar-refractivity contribution in [3.05, 3.63) is 48.5 Å². The molecule has 2 aromatic carbocycles. The molecule has 1 N–H and O–H groups in total. The fourth-order valence-corrected chi connectivity index (χ4v) is 4.40. The lowest BCUT2D eigenvalue weighted by Gasteiger charge is -2.19. The molecule has 22 heavy (non-hydrogen) atoms. The first-order chi connectivity index (χ1) is 10.8. The van der Waals surface area contributed by atoms with Gasteiger partial charge in [0.2, 0.25) is 0 Å². The molecule has 3 nitrogen and oxygen atoms in total. The summed E-state index contributed by atoms with van der Waals surface area (Å²) >= 11 is 1.85. The largest absolute Gasteiger partial charge is 0.390 e. The van der Waals surface area contributed by atoms with Crippen LogP contribution in [0.1, 0.15) is 6.42 Å². The van der Waals surface area contributed by atoms with Crippen molar-refractivity contribution in [2.45, 2.75) is 19.1 Å². The van der Waals surface area contributed by atoms with Crippen molar-refractivity contribution >= 4 is 33.8 Å². The van der Waals surface area contributed by atoms with Crippen LogP contribution in [-0.2, 0) is 6.54 Å². The maximum absolute atomic E-state index is 10.5. The highest BCUT2D eigenvalue weighted by Gasteiger charge is 2.18. The Hall–Kier alpha value is -1.49. The van der Waals surface area contributed by atoms with Crippen LogP contribution in [0.25, 0.3) is 21.8 Å². The van der Waals surface area contributed by atoms with Crippen LogP contribution in [0.2, 0.25) is 0 Å². The first kappa shape index (κ1) is 14.1. The first-order valence-electron chi connectivity index (χ1n) is 7.85. The maximum atomic E-state index is 10.5. The third-order valence-corrected chi connectivity index (χ3v) is 5.48. The van der Waals surface area contributed by atoms with Crippen LogP contribution in [0.4, 0.5) is 0 Å². The number of β-amino-alcohol motifs (C(OH)–C–C–N with tert-alkyl or cyclic N) is 1. The van der Waals surface area contributed by atoms with Gasteiger partial charge in [0.15, 0.2) is 0 Å². The summed E-state index contributed by atoms with van der Waals surface area (Å²) in [6, 6.07) is 16.9. The molecule has 114 valence electrons. The summed E-state index contributed by atoms with van der Waals surface area (Å²) in [5.74, 6) is 1.18. The number of aliphatic hydroxyl groups excluding tert-OH is 1. The van der Waals surface area contributed by atoms with Gasteiger partial charge in [0.1, 0.15) is 0 Å². The summed E-state index contributed by atoms with van der Waals surface area (Å²) in [5, 5.41) is 13.1. The number of hydrogen-bond acceptors (Lipinski definition) is 3. The Labute approximate surface area is 134 Å². The van der Waals surface area contributed by atoms with E-state index in [0.29, 0.717) is 6.54 Å². The zero-order valence-corrected chi connectivity index (χ0v) is 13.3. The van der Waals surface area contributed by atoms with Crippen molar-refractivity contribution in [3.8, 4) is 0 Å². The Morgan fingerprint density at radius 3 is 2.18 bits per heavy atom. The lowest BCUT2D eigenvalue weighted by atomic mass is 10.2. The minimum absolute atomic E-state index is 0.343. The van der Waals surface area contributed by atoms with E-state index >= 15 is 0 Å². The summed E-state index contributed by atoms with van der Waals surface area (Å²) in [6.45, 7) is 2.48. The molecular weight excluding hydrogens is 292 g/mol. The van der Waals surface area contributed by atoms with Gasteiger partial charge in [-0.2, -0.15) is 0 Å². The SMILES string of the molecule is O[C@H](CN1CCCS1)Cn1c2ccccc2c2ccccc21. The van der Waals surface area contributed by atoms with E-state index in [1.807, 2.05) is 11.9 Å². The van der Waals surface area contributed by atoms with Gasteiger partial charge in [-0.05, 0) is 18.6 Å². The van der Waals surface area contributed by atoms with E-state index in [1.165, 1.54) is 34.0 Å². The summed E-state index contributed by atoms with van der Waals surface area (Å²) in [6.07, 6.45) is 0.886. The second-order valence-corrected chi connectivity index (χ2v) is 7.06. The molecule has 1 saturated heterocycles.